The molecule has 0 atom stereocenters. The lowest BCUT2D eigenvalue weighted by molar-refractivity contribution is -0.136. The van der Waals surface area contributed by atoms with Crippen LogP contribution in [0.5, 0.6) is 23.0 Å². The normalized spacial score (nSPS) is 11.1. The maximum Gasteiger partial charge on any atom is 0.307 e. The zero-order chi connectivity index (χ0) is 20.7. The van der Waals surface area contributed by atoms with Gasteiger partial charge in [-0.05, 0) is 35.4 Å². The number of methoxy groups -OCH3 is 4. The van der Waals surface area contributed by atoms with Gasteiger partial charge >= 0.3 is 5.97 Å². The monoisotopic (exact) mass is 389 g/mol. The Hall–Kier alpha value is -3.42. The number of hydrogen-bond acceptors (Lipinski definition) is 7. The Labute approximate surface area is 162 Å². The van der Waals surface area contributed by atoms with Crippen LogP contribution in [0.25, 0.3) is 0 Å². The Morgan fingerprint density at radius 3 is 1.96 bits per heavy atom. The van der Waals surface area contributed by atoms with E-state index in [-0.39, 0.29) is 18.6 Å². The van der Waals surface area contributed by atoms with Crippen LogP contribution in [-0.2, 0) is 17.6 Å². The van der Waals surface area contributed by atoms with Crippen LogP contribution in [0.3, 0.4) is 0 Å². The molecule has 0 aliphatic carbocycles. The Balaban J connectivity index is 2.49. The Kier molecular flexibility index (Phi) is 7.08. The fourth-order valence-corrected chi connectivity index (χ4v) is 2.87. The summed E-state index contributed by atoms with van der Waals surface area (Å²) in [6.07, 6.45) is -0.0282. The van der Waals surface area contributed by atoms with Gasteiger partial charge in [-0.3, -0.25) is 4.79 Å². The standard InChI is InChI=1S/C20H23NO7/c1-25-16-6-5-12(8-17(16)26-2)7-15(21-24)14-11-19(28-4)18(27-3)9-13(14)10-20(22)23/h5-6,8-9,11,24H,7,10H2,1-4H3,(H,22,23). The number of benzene rings is 2. The fraction of sp³-hybridized carbons (Fsp3) is 0.300. The number of ether oxygens (including phenoxy) is 4. The summed E-state index contributed by atoms with van der Waals surface area (Å²) in [7, 11) is 6.01. The number of carboxylic acid groups (broad SMARTS) is 1. The van der Waals surface area contributed by atoms with Crippen molar-refractivity contribution in [2.24, 2.45) is 5.16 Å². The molecular formula is C20H23NO7. The van der Waals surface area contributed by atoms with Crippen LogP contribution in [0.4, 0.5) is 0 Å². The van der Waals surface area contributed by atoms with Crippen molar-refractivity contribution >= 4 is 11.7 Å². The van der Waals surface area contributed by atoms with E-state index in [1.165, 1.54) is 21.3 Å². The molecule has 2 aromatic rings. The topological polar surface area (TPSA) is 107 Å². The van der Waals surface area contributed by atoms with Gasteiger partial charge in [-0.2, -0.15) is 0 Å². The van der Waals surface area contributed by atoms with Crippen molar-refractivity contribution in [2.45, 2.75) is 12.8 Å². The van der Waals surface area contributed by atoms with Gasteiger partial charge in [0.2, 0.25) is 0 Å². The lowest BCUT2D eigenvalue weighted by atomic mass is 9.95. The summed E-state index contributed by atoms with van der Waals surface area (Å²) in [6, 6.07) is 8.50. The molecule has 2 rings (SSSR count). The van der Waals surface area contributed by atoms with E-state index in [2.05, 4.69) is 5.16 Å². The summed E-state index contributed by atoms with van der Waals surface area (Å²) >= 11 is 0. The van der Waals surface area contributed by atoms with Gasteiger partial charge in [-0.25, -0.2) is 0 Å². The molecule has 0 fully saturated rings. The molecule has 0 aliphatic rings. The lowest BCUT2D eigenvalue weighted by Gasteiger charge is -2.15. The Morgan fingerprint density at radius 2 is 1.43 bits per heavy atom. The third-order valence-corrected chi connectivity index (χ3v) is 4.20. The lowest BCUT2D eigenvalue weighted by Crippen LogP contribution is -2.13. The number of carboxylic acids is 1. The molecule has 0 unspecified atom stereocenters. The van der Waals surface area contributed by atoms with E-state index >= 15 is 0 Å². The average Bonchev–Trinajstić information content (AvgIpc) is 2.71. The Bertz CT molecular complexity index is 877. The number of nitrogens with zero attached hydrogens (tertiary/aromatic N) is 1. The highest BCUT2D eigenvalue weighted by atomic mass is 16.5. The van der Waals surface area contributed by atoms with Gasteiger partial charge in [0.25, 0.3) is 0 Å². The molecule has 8 nitrogen and oxygen atoms in total. The zero-order valence-electron chi connectivity index (χ0n) is 16.2. The Morgan fingerprint density at radius 1 is 0.857 bits per heavy atom. The second-order valence-corrected chi connectivity index (χ2v) is 5.85. The van der Waals surface area contributed by atoms with Gasteiger partial charge in [0.05, 0.1) is 40.6 Å². The molecular weight excluding hydrogens is 366 g/mol. The first-order valence-electron chi connectivity index (χ1n) is 8.36. The third kappa shape index (κ3) is 4.64. The quantitative estimate of drug-likeness (QED) is 0.386. The number of aliphatic carboxylic acids is 1. The number of carbonyl (C=O) groups is 1. The summed E-state index contributed by atoms with van der Waals surface area (Å²) in [6.45, 7) is 0. The van der Waals surface area contributed by atoms with Crippen molar-refractivity contribution in [3.63, 3.8) is 0 Å². The van der Waals surface area contributed by atoms with Gasteiger partial charge in [-0.1, -0.05) is 11.2 Å². The van der Waals surface area contributed by atoms with Crippen molar-refractivity contribution in [3.8, 4) is 23.0 Å². The fourth-order valence-electron chi connectivity index (χ4n) is 2.87. The highest BCUT2D eigenvalue weighted by molar-refractivity contribution is 6.04. The molecule has 0 saturated carbocycles. The molecule has 0 aromatic heterocycles. The molecule has 150 valence electrons. The molecule has 0 aliphatic heterocycles. The van der Waals surface area contributed by atoms with Crippen molar-refractivity contribution in [3.05, 3.63) is 47.0 Å². The van der Waals surface area contributed by atoms with E-state index < -0.39 is 5.97 Å². The predicted molar refractivity (Wildman–Crippen MR) is 102 cm³/mol. The smallest absolute Gasteiger partial charge is 0.307 e. The first-order chi connectivity index (χ1) is 13.5. The zero-order valence-corrected chi connectivity index (χ0v) is 16.2. The van der Waals surface area contributed by atoms with Crippen LogP contribution in [0, 0.1) is 0 Å². The molecule has 2 aromatic carbocycles. The highest BCUT2D eigenvalue weighted by Crippen LogP contribution is 2.33. The maximum atomic E-state index is 11.3. The van der Waals surface area contributed by atoms with Gasteiger partial charge in [0.1, 0.15) is 0 Å². The van der Waals surface area contributed by atoms with Crippen LogP contribution < -0.4 is 18.9 Å². The van der Waals surface area contributed by atoms with Crippen molar-refractivity contribution in [1.29, 1.82) is 0 Å². The van der Waals surface area contributed by atoms with Gasteiger partial charge in [-0.15, -0.1) is 0 Å². The van der Waals surface area contributed by atoms with E-state index in [1.807, 2.05) is 6.07 Å². The highest BCUT2D eigenvalue weighted by Gasteiger charge is 2.19. The molecule has 28 heavy (non-hydrogen) atoms. The maximum absolute atomic E-state index is 11.3. The first kappa shape index (κ1) is 20.9. The molecule has 0 spiro atoms. The molecule has 2 N–H and O–H groups in total. The van der Waals surface area contributed by atoms with E-state index in [0.29, 0.717) is 34.1 Å². The van der Waals surface area contributed by atoms with E-state index in [4.69, 9.17) is 18.9 Å². The summed E-state index contributed by atoms with van der Waals surface area (Å²) in [5.74, 6) is 0.893. The molecule has 8 heteroatoms. The van der Waals surface area contributed by atoms with E-state index in [1.54, 1.807) is 31.4 Å². The van der Waals surface area contributed by atoms with Crippen LogP contribution in [0.2, 0.25) is 0 Å². The van der Waals surface area contributed by atoms with Gasteiger partial charge in [0.15, 0.2) is 23.0 Å². The summed E-state index contributed by atoms with van der Waals surface area (Å²) in [4.78, 5) is 11.3. The first-order valence-corrected chi connectivity index (χ1v) is 8.36. The van der Waals surface area contributed by atoms with E-state index in [0.717, 1.165) is 5.56 Å². The van der Waals surface area contributed by atoms with Crippen LogP contribution in [0.1, 0.15) is 16.7 Å². The molecule has 0 bridgehead atoms. The summed E-state index contributed by atoms with van der Waals surface area (Å²) in [5.41, 5.74) is 1.97. The molecule has 0 radical (unpaired) electrons. The van der Waals surface area contributed by atoms with Crippen molar-refractivity contribution in [1.82, 2.24) is 0 Å². The average molecular weight is 389 g/mol. The largest absolute Gasteiger partial charge is 0.493 e. The number of oxime groups is 1. The third-order valence-electron chi connectivity index (χ3n) is 4.20. The minimum atomic E-state index is -1.02. The second kappa shape index (κ2) is 9.50. The van der Waals surface area contributed by atoms with Gasteiger partial charge in [0, 0.05) is 12.0 Å². The van der Waals surface area contributed by atoms with Gasteiger partial charge < -0.3 is 29.3 Å². The predicted octanol–water partition coefficient (Wildman–Crippen LogP) is 2.77. The second-order valence-electron chi connectivity index (χ2n) is 5.85. The minimum Gasteiger partial charge on any atom is -0.493 e. The summed E-state index contributed by atoms with van der Waals surface area (Å²) in [5, 5.41) is 22.3. The van der Waals surface area contributed by atoms with Crippen molar-refractivity contribution in [2.75, 3.05) is 28.4 Å². The molecule has 0 heterocycles. The molecule has 0 amide bonds. The van der Waals surface area contributed by atoms with Crippen LogP contribution in [0.15, 0.2) is 35.5 Å². The van der Waals surface area contributed by atoms with Crippen LogP contribution in [-0.4, -0.2) is 50.4 Å². The SMILES string of the molecule is COc1ccc(CC(=NO)c2cc(OC)c(OC)cc2CC(=O)O)cc1OC. The number of hydrogen-bond donors (Lipinski definition) is 2. The van der Waals surface area contributed by atoms with Crippen molar-refractivity contribution < 1.29 is 34.1 Å². The summed E-state index contributed by atoms with van der Waals surface area (Å²) < 4.78 is 21.1. The number of rotatable bonds is 9. The minimum absolute atomic E-state index is 0.235. The van der Waals surface area contributed by atoms with E-state index in [9.17, 15) is 15.1 Å². The van der Waals surface area contributed by atoms with Crippen LogP contribution >= 0.6 is 0 Å². The molecule has 0 saturated heterocycles.